The summed E-state index contributed by atoms with van der Waals surface area (Å²) in [6.07, 6.45) is 15.0. The largest absolute Gasteiger partial charge is 1.00 e. The number of ether oxygens (including phenoxy) is 2. The Morgan fingerprint density at radius 1 is 0.867 bits per heavy atom. The van der Waals surface area contributed by atoms with Gasteiger partial charge in [0.15, 0.2) is 0 Å². The summed E-state index contributed by atoms with van der Waals surface area (Å²) in [5.74, 6) is -5.93. The number of aromatic carboxylic acids is 1. The molecule has 3 heterocycles. The minimum Gasteiger partial charge on any atom is -0.545 e. The second-order valence-corrected chi connectivity index (χ2v) is 17.2. The van der Waals surface area contributed by atoms with Crippen molar-refractivity contribution in [2.75, 3.05) is 11.9 Å². The van der Waals surface area contributed by atoms with Crippen LogP contribution in [0.2, 0.25) is 0 Å². The number of aliphatic hydroxyl groups excluding tert-OH is 1. The molecule has 2 N–H and O–H groups in total. The number of aliphatic carboxylic acids is 1. The molecule has 322 valence electrons. The number of anilines is 1. The number of hydrogen-bond acceptors (Lipinski definition) is 12. The number of carbonyl (C=O) groups is 6. The molecule has 17 heteroatoms. The van der Waals surface area contributed by atoms with E-state index in [1.54, 1.807) is 6.92 Å². The number of carboxylic acid groups (broad SMARTS) is 2. The van der Waals surface area contributed by atoms with E-state index in [1.807, 2.05) is 0 Å². The zero-order valence-electron chi connectivity index (χ0n) is 36.4. The first-order chi connectivity index (χ1) is 27.7. The van der Waals surface area contributed by atoms with Crippen LogP contribution in [0.4, 0.5) is 10.5 Å². The zero-order valence-corrected chi connectivity index (χ0v) is 41.2. The summed E-state index contributed by atoms with van der Waals surface area (Å²) < 4.78 is 10.9. The molecular weight excluding hydrogens is 813 g/mol. The molecule has 0 spiro atoms. The molecule has 14 nitrogen and oxygen atoms in total. The number of thioether (sulfide) groups is 1. The van der Waals surface area contributed by atoms with E-state index in [0.717, 1.165) is 40.8 Å². The van der Waals surface area contributed by atoms with Crippen LogP contribution >= 0.6 is 11.8 Å². The molecule has 3 amide bonds. The third-order valence-corrected chi connectivity index (χ3v) is 12.8. The Kier molecular flexibility index (Phi) is 24.5. The van der Waals surface area contributed by atoms with Crippen LogP contribution in [0.1, 0.15) is 147 Å². The number of nitrogens with one attached hydrogen (secondary N) is 1. The van der Waals surface area contributed by atoms with Gasteiger partial charge in [-0.2, -0.15) is 0 Å². The van der Waals surface area contributed by atoms with E-state index in [-0.39, 0.29) is 95.4 Å². The van der Waals surface area contributed by atoms with Gasteiger partial charge in [-0.15, -0.1) is 11.8 Å². The normalized spacial score (nSPS) is 21.6. The Labute approximate surface area is 403 Å². The van der Waals surface area contributed by atoms with Crippen molar-refractivity contribution in [3.63, 3.8) is 0 Å². The van der Waals surface area contributed by atoms with Crippen molar-refractivity contribution >= 4 is 53.3 Å². The number of benzene rings is 1. The summed E-state index contributed by atoms with van der Waals surface area (Å²) in [6, 6.07) is 3.70. The molecule has 3 aliphatic heterocycles. The fourth-order valence-corrected chi connectivity index (χ4v) is 9.77. The van der Waals surface area contributed by atoms with E-state index in [2.05, 4.69) is 12.2 Å². The second-order valence-electron chi connectivity index (χ2n) is 15.9. The van der Waals surface area contributed by atoms with Crippen LogP contribution in [0.3, 0.4) is 0 Å². The average molecular weight is 874 g/mol. The first kappa shape index (κ1) is 54.0. The summed E-state index contributed by atoms with van der Waals surface area (Å²) in [4.78, 5) is 79.1. The number of unbranched alkanes of at least 4 members (excludes halogenated alkanes) is 14. The second kappa shape index (κ2) is 27.2. The number of aliphatic hydroxyl groups is 1. The first-order valence-corrected chi connectivity index (χ1v) is 22.0. The molecule has 0 bridgehead atoms. The monoisotopic (exact) mass is 873 g/mol. The summed E-state index contributed by atoms with van der Waals surface area (Å²) >= 11 is 1.11. The van der Waals surface area contributed by atoms with E-state index in [0.29, 0.717) is 11.3 Å². The van der Waals surface area contributed by atoms with Gasteiger partial charge in [0.1, 0.15) is 6.04 Å². The average Bonchev–Trinajstić information content (AvgIpc) is 3.70. The van der Waals surface area contributed by atoms with Crippen molar-refractivity contribution in [3.8, 4) is 0 Å². The number of fused-ring (bicyclic) bond motifs is 1. The van der Waals surface area contributed by atoms with Gasteiger partial charge in [0, 0.05) is 41.6 Å². The van der Waals surface area contributed by atoms with E-state index >= 15 is 0 Å². The zero-order chi connectivity index (χ0) is 42.4. The number of β-lactam (4-membered cyclic amide) rings is 1. The molecule has 0 radical (unpaired) electrons. The third kappa shape index (κ3) is 15.3. The SMILES string of the molecule is CCCCCCCCCCCCCCCCCC(=O)OC(C)OC(=O)N1C[C@@H](SC2=C(C(=O)[O-])N3C(=O)[C@H]([C@@H](C)O)[C@H]3[C@H]2C)C[C@H]1C(=O)Nc1cccc(C(=O)[O-])c1.[Na+].[Na+]. The van der Waals surface area contributed by atoms with Crippen LogP contribution in [0.5, 0.6) is 0 Å². The number of esters is 1. The maximum absolute atomic E-state index is 13.7. The molecule has 2 saturated heterocycles. The first-order valence-electron chi connectivity index (χ1n) is 21.2. The van der Waals surface area contributed by atoms with Crippen LogP contribution in [-0.4, -0.2) is 87.0 Å². The van der Waals surface area contributed by atoms with Crippen LogP contribution in [-0.2, 0) is 28.7 Å². The molecule has 7 atom stereocenters. The van der Waals surface area contributed by atoms with Gasteiger partial charge in [0.2, 0.25) is 18.1 Å². The van der Waals surface area contributed by atoms with Gasteiger partial charge in [-0.25, -0.2) is 4.79 Å². The number of rotatable bonds is 25. The topological polar surface area (TPSA) is 206 Å². The van der Waals surface area contributed by atoms with E-state index in [1.165, 1.54) is 109 Å². The van der Waals surface area contributed by atoms with Crippen molar-refractivity contribution in [1.29, 1.82) is 0 Å². The van der Waals surface area contributed by atoms with Crippen molar-refractivity contribution in [2.45, 2.75) is 167 Å². The Morgan fingerprint density at radius 3 is 1.97 bits per heavy atom. The van der Waals surface area contributed by atoms with Crippen LogP contribution < -0.4 is 74.6 Å². The van der Waals surface area contributed by atoms with Gasteiger partial charge < -0.3 is 44.6 Å². The Hall–Kier alpha value is -2.11. The number of amides is 3. The van der Waals surface area contributed by atoms with Gasteiger partial charge >= 0.3 is 71.2 Å². The van der Waals surface area contributed by atoms with Gasteiger partial charge in [0.25, 0.3) is 0 Å². The molecule has 1 unspecified atom stereocenters. The van der Waals surface area contributed by atoms with Crippen molar-refractivity contribution in [2.24, 2.45) is 11.8 Å². The van der Waals surface area contributed by atoms with Crippen molar-refractivity contribution in [1.82, 2.24) is 9.80 Å². The molecule has 3 aliphatic rings. The van der Waals surface area contributed by atoms with Gasteiger partial charge in [-0.3, -0.25) is 19.3 Å². The molecule has 0 aliphatic carbocycles. The maximum Gasteiger partial charge on any atom is 1.00 e. The number of carbonyl (C=O) groups excluding carboxylic acids is 6. The van der Waals surface area contributed by atoms with Crippen molar-refractivity contribution < 1.29 is 113 Å². The molecule has 0 saturated carbocycles. The smallest absolute Gasteiger partial charge is 0.545 e. The standard InChI is InChI=1S/C43H63N3O11S.2Na/c1-5-6-7-8-9-10-11-12-13-14-15-16-17-18-19-23-34(48)56-29(4)57-43(55)45-26-32(25-33(45)39(49)44-31-22-20-21-30(24-31)41(51)52)58-38-27(2)36-35(28(3)47)40(50)46(36)37(38)42(53)54;;/h20-22,24,27-29,32-33,35-36,47H,5-19,23,25-26H2,1-4H3,(H,44,49)(H,51,52)(H,53,54);;/q;2*+1/p-2/t27-,28-,29?,32+,33+,35-,36-;;/m1../s1. The molecule has 1 aromatic carbocycles. The minimum absolute atomic E-state index is 0. The molecule has 60 heavy (non-hydrogen) atoms. The summed E-state index contributed by atoms with van der Waals surface area (Å²) in [5.41, 5.74) is -0.309. The number of carboxylic acids is 2. The van der Waals surface area contributed by atoms with Gasteiger partial charge in [-0.1, -0.05) is 116 Å². The van der Waals surface area contributed by atoms with Crippen LogP contribution in [0.15, 0.2) is 34.9 Å². The van der Waals surface area contributed by atoms with Gasteiger partial charge in [0.05, 0.1) is 35.7 Å². The van der Waals surface area contributed by atoms with E-state index in [9.17, 15) is 44.1 Å². The van der Waals surface area contributed by atoms with E-state index < -0.39 is 77.4 Å². The van der Waals surface area contributed by atoms with Crippen LogP contribution in [0.25, 0.3) is 0 Å². The van der Waals surface area contributed by atoms with E-state index in [4.69, 9.17) is 9.47 Å². The molecule has 1 aromatic rings. The Balaban J connectivity index is 0.00000620. The predicted octanol–water partition coefficient (Wildman–Crippen LogP) is -0.721. The number of likely N-dealkylation sites (tertiary alicyclic amines) is 1. The molecule has 2 fully saturated rings. The summed E-state index contributed by atoms with van der Waals surface area (Å²) in [5, 5.41) is 36.0. The number of nitrogens with zero attached hydrogens (tertiary/aromatic N) is 2. The molecule has 0 aromatic heterocycles. The Bertz CT molecular complexity index is 1650. The molecular formula is C43H61N3Na2O11S. The van der Waals surface area contributed by atoms with Crippen molar-refractivity contribution in [3.05, 3.63) is 40.4 Å². The Morgan fingerprint density at radius 2 is 1.43 bits per heavy atom. The van der Waals surface area contributed by atoms with Crippen LogP contribution in [0, 0.1) is 11.8 Å². The van der Waals surface area contributed by atoms with Gasteiger partial charge in [-0.05, 0) is 37.5 Å². The molecule has 4 rings (SSSR count). The summed E-state index contributed by atoms with van der Waals surface area (Å²) in [6.45, 7) is 6.80. The maximum atomic E-state index is 13.7. The summed E-state index contributed by atoms with van der Waals surface area (Å²) in [7, 11) is 0. The third-order valence-electron chi connectivity index (χ3n) is 11.3. The fourth-order valence-electron chi connectivity index (χ4n) is 8.25. The number of hydrogen-bond donors (Lipinski definition) is 2. The fraction of sp³-hybridized carbons (Fsp3) is 0.674. The predicted molar refractivity (Wildman–Crippen MR) is 214 cm³/mol. The minimum atomic E-state index is -1.55. The quantitative estimate of drug-likeness (QED) is 0.0411.